The number of nitrogens with zero attached hydrogens (tertiary/aromatic N) is 2. The average molecular weight is 378 g/mol. The molecule has 0 atom stereocenters. The van der Waals surface area contributed by atoms with Crippen LogP contribution in [-0.4, -0.2) is 23.7 Å². The van der Waals surface area contributed by atoms with Gasteiger partial charge in [0.2, 0.25) is 11.8 Å². The maximum absolute atomic E-state index is 9.72. The summed E-state index contributed by atoms with van der Waals surface area (Å²) in [5, 5.41) is 19.1. The molecule has 0 unspecified atom stereocenters. The Morgan fingerprint density at radius 2 is 2.00 bits per heavy atom. The Balaban J connectivity index is 1.46. The minimum atomic E-state index is -0.874. The number of nitriles is 1. The summed E-state index contributed by atoms with van der Waals surface area (Å²) in [4.78, 5) is 4.41. The Hall–Kier alpha value is -2.56. The number of aromatic nitrogens is 1. The van der Waals surface area contributed by atoms with Gasteiger partial charge in [0.1, 0.15) is 17.4 Å². The highest BCUT2D eigenvalue weighted by Crippen LogP contribution is 2.28. The third-order valence-electron chi connectivity index (χ3n) is 5.39. The molecule has 28 heavy (non-hydrogen) atoms. The van der Waals surface area contributed by atoms with E-state index in [1.54, 1.807) is 24.3 Å². The van der Waals surface area contributed by atoms with Crippen LogP contribution in [0.4, 0.5) is 0 Å². The second-order valence-corrected chi connectivity index (χ2v) is 7.41. The van der Waals surface area contributed by atoms with Crippen LogP contribution < -0.4 is 14.9 Å². The van der Waals surface area contributed by atoms with E-state index in [1.165, 1.54) is 38.5 Å². The lowest BCUT2D eigenvalue weighted by molar-refractivity contribution is 0.224. The fourth-order valence-electron chi connectivity index (χ4n) is 3.79. The number of hydrogen-bond acceptors (Lipinski definition) is 6. The molecule has 1 fully saturated rings. The largest absolute Gasteiger partial charge is 0.491 e. The van der Waals surface area contributed by atoms with E-state index in [0.717, 1.165) is 11.0 Å². The second kappa shape index (κ2) is 8.64. The molecule has 4 rings (SSSR count). The highest BCUT2D eigenvalue weighted by Gasteiger charge is 2.27. The van der Waals surface area contributed by atoms with Crippen molar-refractivity contribution in [3.8, 4) is 23.6 Å². The van der Waals surface area contributed by atoms with Gasteiger partial charge in [0.05, 0.1) is 13.2 Å². The zero-order valence-electron chi connectivity index (χ0n) is 15.8. The van der Waals surface area contributed by atoms with Crippen LogP contribution in [0.5, 0.6) is 17.5 Å². The summed E-state index contributed by atoms with van der Waals surface area (Å²) in [7, 11) is -0.874. The summed E-state index contributed by atoms with van der Waals surface area (Å²) in [5.41, 5.74) is 2.06. The Morgan fingerprint density at radius 1 is 1.18 bits per heavy atom. The van der Waals surface area contributed by atoms with Crippen LogP contribution in [0, 0.1) is 17.2 Å². The summed E-state index contributed by atoms with van der Waals surface area (Å²) in [6.45, 7) is 0.934. The van der Waals surface area contributed by atoms with Crippen molar-refractivity contribution in [2.45, 2.75) is 45.1 Å². The molecule has 2 aliphatic rings. The van der Waals surface area contributed by atoms with Gasteiger partial charge in [-0.15, -0.1) is 0 Å². The molecule has 1 N–H and O–H groups in total. The quantitative estimate of drug-likeness (QED) is 0.635. The Morgan fingerprint density at radius 3 is 2.79 bits per heavy atom. The fraction of sp³-hybridized carbons (Fsp3) is 0.429. The first-order chi connectivity index (χ1) is 13.7. The van der Waals surface area contributed by atoms with E-state index in [1.807, 2.05) is 6.07 Å². The zero-order chi connectivity index (χ0) is 19.3. The highest BCUT2D eigenvalue weighted by molar-refractivity contribution is 6.61. The molecule has 1 aromatic carbocycles. The highest BCUT2D eigenvalue weighted by atomic mass is 16.5. The third kappa shape index (κ3) is 4.29. The van der Waals surface area contributed by atoms with Crippen molar-refractivity contribution in [1.82, 2.24) is 4.98 Å². The standard InChI is InChI=1S/C21H23BN2O4/c23-12-16-7-10-20(24-21(16)26-13-15-5-3-1-2-4-6-15)28-18-8-9-19-17(11-18)14-27-22(19)25/h7-11,15,25H,1-6,13-14H2. The van der Waals surface area contributed by atoms with Gasteiger partial charge in [-0.25, -0.2) is 0 Å². The molecule has 144 valence electrons. The molecule has 2 aromatic rings. The van der Waals surface area contributed by atoms with E-state index in [4.69, 9.17) is 14.1 Å². The summed E-state index contributed by atoms with van der Waals surface area (Å²) < 4.78 is 17.0. The van der Waals surface area contributed by atoms with Crippen LogP contribution in [-0.2, 0) is 11.3 Å². The lowest BCUT2D eigenvalue weighted by Gasteiger charge is -2.15. The molecule has 0 radical (unpaired) electrons. The molecule has 1 saturated carbocycles. The smallest absolute Gasteiger partial charge is 0.476 e. The van der Waals surface area contributed by atoms with Gasteiger partial charge in [-0.05, 0) is 48.0 Å². The van der Waals surface area contributed by atoms with Gasteiger partial charge >= 0.3 is 7.12 Å². The van der Waals surface area contributed by atoms with Crippen LogP contribution in [0.15, 0.2) is 30.3 Å². The molecule has 0 spiro atoms. The summed E-state index contributed by atoms with van der Waals surface area (Å²) in [6.07, 6.45) is 7.41. The maximum atomic E-state index is 9.72. The predicted octanol–water partition coefficient (Wildman–Crippen LogP) is 3.31. The normalized spacial score (nSPS) is 16.9. The predicted molar refractivity (Wildman–Crippen MR) is 105 cm³/mol. The third-order valence-corrected chi connectivity index (χ3v) is 5.39. The number of ether oxygens (including phenoxy) is 2. The lowest BCUT2D eigenvalue weighted by Crippen LogP contribution is -2.27. The molecule has 6 nitrogen and oxygen atoms in total. The summed E-state index contributed by atoms with van der Waals surface area (Å²) >= 11 is 0. The van der Waals surface area contributed by atoms with Crippen molar-refractivity contribution in [3.05, 3.63) is 41.5 Å². The van der Waals surface area contributed by atoms with Gasteiger partial charge in [-0.3, -0.25) is 0 Å². The number of fused-ring (bicyclic) bond motifs is 1. The van der Waals surface area contributed by atoms with Gasteiger partial charge in [0, 0.05) is 6.07 Å². The first-order valence-corrected chi connectivity index (χ1v) is 9.87. The van der Waals surface area contributed by atoms with Crippen molar-refractivity contribution < 1.29 is 19.2 Å². The second-order valence-electron chi connectivity index (χ2n) is 7.41. The number of hydrogen-bond donors (Lipinski definition) is 1. The summed E-state index contributed by atoms with van der Waals surface area (Å²) in [5.74, 6) is 1.81. The van der Waals surface area contributed by atoms with Crippen molar-refractivity contribution in [2.24, 2.45) is 5.92 Å². The van der Waals surface area contributed by atoms with Gasteiger partial charge in [0.15, 0.2) is 0 Å². The molecule has 1 aliphatic carbocycles. The average Bonchev–Trinajstić information content (AvgIpc) is 2.91. The van der Waals surface area contributed by atoms with Crippen LogP contribution in [0.25, 0.3) is 0 Å². The topological polar surface area (TPSA) is 84.6 Å². The van der Waals surface area contributed by atoms with Crippen molar-refractivity contribution >= 4 is 12.6 Å². The zero-order valence-corrected chi connectivity index (χ0v) is 15.8. The van der Waals surface area contributed by atoms with Crippen molar-refractivity contribution in [2.75, 3.05) is 6.61 Å². The Kier molecular flexibility index (Phi) is 5.80. The van der Waals surface area contributed by atoms with E-state index >= 15 is 0 Å². The van der Waals surface area contributed by atoms with Crippen molar-refractivity contribution in [3.63, 3.8) is 0 Å². The molecule has 1 aliphatic heterocycles. The van der Waals surface area contributed by atoms with Crippen LogP contribution in [0.2, 0.25) is 0 Å². The van der Waals surface area contributed by atoms with E-state index in [2.05, 4.69) is 11.1 Å². The molecule has 2 heterocycles. The Bertz CT molecular complexity index is 875. The molecule has 0 amide bonds. The van der Waals surface area contributed by atoms with Crippen molar-refractivity contribution in [1.29, 1.82) is 5.26 Å². The lowest BCUT2D eigenvalue weighted by atomic mass is 9.80. The first-order valence-electron chi connectivity index (χ1n) is 9.87. The Labute approximate surface area is 165 Å². The van der Waals surface area contributed by atoms with Gasteiger partial charge < -0.3 is 19.2 Å². The molecule has 7 heteroatoms. The van der Waals surface area contributed by atoms with E-state index < -0.39 is 7.12 Å². The molecular formula is C21H23BN2O4. The molecule has 0 bridgehead atoms. The van der Waals surface area contributed by atoms with Crippen LogP contribution in [0.3, 0.4) is 0 Å². The minimum absolute atomic E-state index is 0.323. The molecule has 0 saturated heterocycles. The van der Waals surface area contributed by atoms with Gasteiger partial charge in [-0.2, -0.15) is 10.2 Å². The summed E-state index contributed by atoms with van der Waals surface area (Å²) in [6, 6.07) is 10.9. The van der Waals surface area contributed by atoms with E-state index in [-0.39, 0.29) is 0 Å². The van der Waals surface area contributed by atoms with E-state index in [0.29, 0.717) is 42.2 Å². The van der Waals surface area contributed by atoms with Gasteiger partial charge in [-0.1, -0.05) is 31.7 Å². The van der Waals surface area contributed by atoms with Gasteiger partial charge in [0.25, 0.3) is 0 Å². The van der Waals surface area contributed by atoms with Crippen LogP contribution >= 0.6 is 0 Å². The monoisotopic (exact) mass is 378 g/mol. The molecular weight excluding hydrogens is 355 g/mol. The maximum Gasteiger partial charge on any atom is 0.491 e. The first kappa shape index (κ1) is 18.8. The number of benzene rings is 1. The van der Waals surface area contributed by atoms with E-state index in [9.17, 15) is 10.3 Å². The minimum Gasteiger partial charge on any atom is -0.476 e. The fourth-order valence-corrected chi connectivity index (χ4v) is 3.79. The SMILES string of the molecule is N#Cc1ccc(Oc2ccc3c(c2)COB3O)nc1OCC1CCCCCC1. The number of rotatable bonds is 5. The number of pyridine rings is 1. The molecule has 1 aromatic heterocycles. The van der Waals surface area contributed by atoms with Crippen LogP contribution in [0.1, 0.15) is 49.7 Å².